The van der Waals surface area contributed by atoms with E-state index in [9.17, 15) is 14.4 Å². The van der Waals surface area contributed by atoms with Gasteiger partial charge in [0.05, 0.1) is 13.1 Å². The molecule has 1 fully saturated rings. The van der Waals surface area contributed by atoms with Crippen molar-refractivity contribution in [1.29, 1.82) is 0 Å². The second kappa shape index (κ2) is 6.93. The molecule has 0 bridgehead atoms. The first-order chi connectivity index (χ1) is 10.6. The number of rotatable bonds is 6. The van der Waals surface area contributed by atoms with Gasteiger partial charge in [0.15, 0.2) is 0 Å². The number of amides is 3. The molecule has 1 atom stereocenters. The van der Waals surface area contributed by atoms with Gasteiger partial charge in [0.25, 0.3) is 0 Å². The lowest BCUT2D eigenvalue weighted by atomic mass is 10.2. The number of carbonyl (C=O) groups is 3. The predicted molar refractivity (Wildman–Crippen MR) is 81.8 cm³/mol. The van der Waals surface area contributed by atoms with Crippen LogP contribution in [0.1, 0.15) is 13.3 Å². The van der Waals surface area contributed by atoms with Crippen LogP contribution in [0.2, 0.25) is 0 Å². The SMILES string of the molecule is CCC(=O)N(C)c1ccc(N2CC(CNC=O)OC2=O)cc1. The maximum Gasteiger partial charge on any atom is 0.414 e. The van der Waals surface area contributed by atoms with E-state index < -0.39 is 6.09 Å². The van der Waals surface area contributed by atoms with Crippen molar-refractivity contribution >= 4 is 29.8 Å². The van der Waals surface area contributed by atoms with E-state index in [0.717, 1.165) is 5.69 Å². The van der Waals surface area contributed by atoms with Crippen LogP contribution in [0.3, 0.4) is 0 Å². The Labute approximate surface area is 128 Å². The largest absolute Gasteiger partial charge is 0.442 e. The van der Waals surface area contributed by atoms with E-state index in [1.54, 1.807) is 43.1 Å². The molecule has 1 aromatic rings. The number of ether oxygens (including phenoxy) is 1. The molecule has 7 heteroatoms. The Hall–Kier alpha value is -2.57. The van der Waals surface area contributed by atoms with Gasteiger partial charge in [0.1, 0.15) is 6.10 Å². The third kappa shape index (κ3) is 3.36. The summed E-state index contributed by atoms with van der Waals surface area (Å²) < 4.78 is 5.16. The highest BCUT2D eigenvalue weighted by Gasteiger charge is 2.32. The molecule has 1 aliphatic heterocycles. The summed E-state index contributed by atoms with van der Waals surface area (Å²) in [6, 6.07) is 7.11. The van der Waals surface area contributed by atoms with Gasteiger partial charge in [-0.25, -0.2) is 4.79 Å². The fraction of sp³-hybridized carbons (Fsp3) is 0.400. The van der Waals surface area contributed by atoms with Gasteiger partial charge in [-0.3, -0.25) is 14.5 Å². The second-order valence-electron chi connectivity index (χ2n) is 4.97. The fourth-order valence-corrected chi connectivity index (χ4v) is 2.26. The molecule has 0 radical (unpaired) electrons. The van der Waals surface area contributed by atoms with Crippen molar-refractivity contribution in [2.24, 2.45) is 0 Å². The van der Waals surface area contributed by atoms with Crippen molar-refractivity contribution in [1.82, 2.24) is 5.32 Å². The van der Waals surface area contributed by atoms with Crippen LogP contribution in [0, 0.1) is 0 Å². The Kier molecular flexibility index (Phi) is 4.98. The van der Waals surface area contributed by atoms with Crippen LogP contribution >= 0.6 is 0 Å². The number of nitrogens with zero attached hydrogens (tertiary/aromatic N) is 2. The lowest BCUT2D eigenvalue weighted by molar-refractivity contribution is -0.118. The predicted octanol–water partition coefficient (Wildman–Crippen LogP) is 1.13. The Bertz CT molecular complexity index is 558. The molecule has 0 aromatic heterocycles. The van der Waals surface area contributed by atoms with Crippen molar-refractivity contribution in [2.45, 2.75) is 19.4 Å². The van der Waals surface area contributed by atoms with E-state index in [2.05, 4.69) is 5.32 Å². The summed E-state index contributed by atoms with van der Waals surface area (Å²) in [6.45, 7) is 2.47. The van der Waals surface area contributed by atoms with E-state index in [1.165, 1.54) is 4.90 Å². The van der Waals surface area contributed by atoms with E-state index in [-0.39, 0.29) is 18.6 Å². The molecular formula is C15H19N3O4. The quantitative estimate of drug-likeness (QED) is 0.799. The number of benzene rings is 1. The van der Waals surface area contributed by atoms with Gasteiger partial charge in [-0.05, 0) is 24.3 Å². The molecule has 2 rings (SSSR count). The zero-order chi connectivity index (χ0) is 16.1. The summed E-state index contributed by atoms with van der Waals surface area (Å²) in [6.07, 6.45) is 0.207. The molecule has 7 nitrogen and oxygen atoms in total. The standard InChI is InChI=1S/C15H19N3O4/c1-3-14(20)17(2)11-4-6-12(7-5-11)18-9-13(8-16-10-19)22-15(18)21/h4-7,10,13H,3,8-9H2,1-2H3,(H,16,19). The van der Waals surface area contributed by atoms with Gasteiger partial charge in [0, 0.05) is 24.8 Å². The van der Waals surface area contributed by atoms with Crippen molar-refractivity contribution in [3.05, 3.63) is 24.3 Å². The molecule has 0 saturated carbocycles. The Morgan fingerprint density at radius 1 is 1.45 bits per heavy atom. The average Bonchev–Trinajstić information content (AvgIpc) is 2.92. The summed E-state index contributed by atoms with van der Waals surface area (Å²) in [7, 11) is 1.71. The number of anilines is 2. The van der Waals surface area contributed by atoms with Gasteiger partial charge >= 0.3 is 6.09 Å². The van der Waals surface area contributed by atoms with Gasteiger partial charge in [-0.1, -0.05) is 6.92 Å². The highest BCUT2D eigenvalue weighted by atomic mass is 16.6. The van der Waals surface area contributed by atoms with E-state index >= 15 is 0 Å². The first-order valence-corrected chi connectivity index (χ1v) is 7.08. The Morgan fingerprint density at radius 2 is 2.14 bits per heavy atom. The number of cyclic esters (lactones) is 1. The molecule has 22 heavy (non-hydrogen) atoms. The van der Waals surface area contributed by atoms with E-state index in [4.69, 9.17) is 4.74 Å². The highest BCUT2D eigenvalue weighted by molar-refractivity contribution is 5.94. The molecule has 1 aromatic carbocycles. The second-order valence-corrected chi connectivity index (χ2v) is 4.97. The number of hydrogen-bond donors (Lipinski definition) is 1. The zero-order valence-corrected chi connectivity index (χ0v) is 12.6. The molecular weight excluding hydrogens is 286 g/mol. The normalized spacial score (nSPS) is 17.1. The van der Waals surface area contributed by atoms with Gasteiger partial charge in [-0.2, -0.15) is 0 Å². The van der Waals surface area contributed by atoms with E-state index in [1.807, 2.05) is 0 Å². The van der Waals surface area contributed by atoms with E-state index in [0.29, 0.717) is 25.1 Å². The van der Waals surface area contributed by atoms with Gasteiger partial charge < -0.3 is 15.0 Å². The zero-order valence-electron chi connectivity index (χ0n) is 12.6. The van der Waals surface area contributed by atoms with Crippen LogP contribution in [0.4, 0.5) is 16.2 Å². The summed E-state index contributed by atoms with van der Waals surface area (Å²) in [5.41, 5.74) is 1.46. The Morgan fingerprint density at radius 3 is 2.73 bits per heavy atom. The fourth-order valence-electron chi connectivity index (χ4n) is 2.26. The highest BCUT2D eigenvalue weighted by Crippen LogP contribution is 2.24. The summed E-state index contributed by atoms with van der Waals surface area (Å²) in [5.74, 6) is 0.0216. The topological polar surface area (TPSA) is 79.0 Å². The summed E-state index contributed by atoms with van der Waals surface area (Å²) in [4.78, 5) is 36.9. The molecule has 1 unspecified atom stereocenters. The van der Waals surface area contributed by atoms with Crippen molar-refractivity contribution < 1.29 is 19.1 Å². The molecule has 1 saturated heterocycles. The molecule has 0 aliphatic carbocycles. The molecule has 118 valence electrons. The average molecular weight is 305 g/mol. The van der Waals surface area contributed by atoms with Crippen LogP contribution < -0.4 is 15.1 Å². The van der Waals surface area contributed by atoms with Crippen molar-refractivity contribution in [3.8, 4) is 0 Å². The van der Waals surface area contributed by atoms with Crippen LogP contribution in [0.5, 0.6) is 0 Å². The maximum atomic E-state index is 11.8. The third-order valence-corrected chi connectivity index (χ3v) is 3.53. The van der Waals surface area contributed by atoms with Crippen LogP contribution in [0.15, 0.2) is 24.3 Å². The van der Waals surface area contributed by atoms with Crippen molar-refractivity contribution in [2.75, 3.05) is 29.9 Å². The minimum absolute atomic E-state index is 0.0216. The van der Waals surface area contributed by atoms with Gasteiger partial charge in [-0.15, -0.1) is 0 Å². The summed E-state index contributed by atoms with van der Waals surface area (Å²) >= 11 is 0. The number of carbonyl (C=O) groups excluding carboxylic acids is 3. The number of nitrogens with one attached hydrogen (secondary N) is 1. The van der Waals surface area contributed by atoms with Gasteiger partial charge in [0.2, 0.25) is 12.3 Å². The molecule has 0 spiro atoms. The lowest BCUT2D eigenvalue weighted by Gasteiger charge is -2.18. The third-order valence-electron chi connectivity index (χ3n) is 3.53. The minimum atomic E-state index is -0.441. The first-order valence-electron chi connectivity index (χ1n) is 7.08. The maximum absolute atomic E-state index is 11.8. The molecule has 1 heterocycles. The molecule has 1 aliphatic rings. The van der Waals surface area contributed by atoms with Crippen LogP contribution in [-0.4, -0.2) is 44.7 Å². The Balaban J connectivity index is 2.06. The molecule has 1 N–H and O–H groups in total. The monoisotopic (exact) mass is 305 g/mol. The first kappa shape index (κ1) is 15.8. The number of hydrogen-bond acceptors (Lipinski definition) is 4. The summed E-state index contributed by atoms with van der Waals surface area (Å²) in [5, 5.41) is 2.50. The molecule has 3 amide bonds. The lowest BCUT2D eigenvalue weighted by Crippen LogP contribution is -2.30. The van der Waals surface area contributed by atoms with Crippen LogP contribution in [0.25, 0.3) is 0 Å². The van der Waals surface area contributed by atoms with Crippen LogP contribution in [-0.2, 0) is 14.3 Å². The smallest absolute Gasteiger partial charge is 0.414 e. The van der Waals surface area contributed by atoms with Crippen molar-refractivity contribution in [3.63, 3.8) is 0 Å². The minimum Gasteiger partial charge on any atom is -0.442 e.